The number of hydrogen-bond acceptors (Lipinski definition) is 3. The van der Waals surface area contributed by atoms with Crippen molar-refractivity contribution in [1.82, 2.24) is 0 Å². The highest BCUT2D eigenvalue weighted by atomic mass is 16.5. The van der Waals surface area contributed by atoms with Gasteiger partial charge in [-0.05, 0) is 12.0 Å². The van der Waals surface area contributed by atoms with Crippen LogP contribution in [0.15, 0.2) is 30.3 Å². The fourth-order valence-electron chi connectivity index (χ4n) is 1.84. The number of Topliss-reactive ketones (excluding diaryl/α,β-unsaturated/α-hetero) is 1. The lowest BCUT2D eigenvalue weighted by molar-refractivity contribution is -0.157. The Balaban J connectivity index is 2.23. The predicted molar refractivity (Wildman–Crippen MR) is 55.9 cm³/mol. The first-order valence-electron chi connectivity index (χ1n) is 5.13. The third-order valence-corrected chi connectivity index (χ3v) is 2.69. The van der Waals surface area contributed by atoms with Crippen LogP contribution in [0.3, 0.4) is 0 Å². The van der Waals surface area contributed by atoms with Gasteiger partial charge in [-0.2, -0.15) is 0 Å². The summed E-state index contributed by atoms with van der Waals surface area (Å²) in [6, 6.07) is 8.98. The number of carbonyl (C=O) groups excluding carboxylic acids is 1. The second-order valence-electron chi connectivity index (χ2n) is 3.74. The van der Waals surface area contributed by atoms with E-state index >= 15 is 0 Å². The van der Waals surface area contributed by atoms with Gasteiger partial charge < -0.3 is 9.84 Å². The summed E-state index contributed by atoms with van der Waals surface area (Å²) in [5.41, 5.74) is 0.721. The molecular formula is C12H12O4. The smallest absolute Gasteiger partial charge is 0.314 e. The van der Waals surface area contributed by atoms with Gasteiger partial charge in [-0.15, -0.1) is 0 Å². The van der Waals surface area contributed by atoms with Crippen LogP contribution in [-0.2, 0) is 14.3 Å². The first-order chi connectivity index (χ1) is 7.70. The Bertz CT molecular complexity index is 399. The van der Waals surface area contributed by atoms with Crippen LogP contribution in [0, 0.1) is 5.92 Å². The summed E-state index contributed by atoms with van der Waals surface area (Å²) in [7, 11) is 0. The van der Waals surface area contributed by atoms with E-state index in [1.54, 1.807) is 24.3 Å². The van der Waals surface area contributed by atoms with E-state index in [9.17, 15) is 9.59 Å². The summed E-state index contributed by atoms with van der Waals surface area (Å²) < 4.78 is 5.34. The minimum absolute atomic E-state index is 0.261. The number of aliphatic carboxylic acids is 1. The highest BCUT2D eigenvalue weighted by molar-refractivity contribution is 6.01. The molecule has 0 aromatic heterocycles. The molecule has 0 bridgehead atoms. The molecule has 4 nitrogen and oxygen atoms in total. The van der Waals surface area contributed by atoms with E-state index in [1.165, 1.54) is 0 Å². The molecule has 0 aliphatic carbocycles. The van der Waals surface area contributed by atoms with Crippen molar-refractivity contribution in [3.63, 3.8) is 0 Å². The van der Waals surface area contributed by atoms with E-state index < -0.39 is 18.0 Å². The zero-order chi connectivity index (χ0) is 11.5. The standard InChI is InChI=1S/C12H12O4/c13-10-9(12(14)15)6-7-16-11(10)8-4-2-1-3-5-8/h1-5,9,11H,6-7H2,(H,14,15). The maximum absolute atomic E-state index is 11.9. The normalized spacial score (nSPS) is 25.4. The van der Waals surface area contributed by atoms with Crippen LogP contribution < -0.4 is 0 Å². The van der Waals surface area contributed by atoms with Crippen molar-refractivity contribution < 1.29 is 19.4 Å². The van der Waals surface area contributed by atoms with Gasteiger partial charge in [0.15, 0.2) is 5.78 Å². The van der Waals surface area contributed by atoms with Crippen LogP contribution >= 0.6 is 0 Å². The number of carbonyl (C=O) groups is 2. The van der Waals surface area contributed by atoms with Gasteiger partial charge in [-0.25, -0.2) is 0 Å². The average Bonchev–Trinajstić information content (AvgIpc) is 2.30. The molecule has 1 N–H and O–H groups in total. The van der Waals surface area contributed by atoms with Crippen LogP contribution in [0.25, 0.3) is 0 Å². The number of carboxylic acids is 1. The molecule has 1 fully saturated rings. The van der Waals surface area contributed by atoms with Crippen LogP contribution in [0.5, 0.6) is 0 Å². The molecule has 16 heavy (non-hydrogen) atoms. The van der Waals surface area contributed by atoms with Crippen molar-refractivity contribution in [3.8, 4) is 0 Å². The van der Waals surface area contributed by atoms with E-state index in [0.29, 0.717) is 6.61 Å². The van der Waals surface area contributed by atoms with Gasteiger partial charge in [0.05, 0.1) is 0 Å². The van der Waals surface area contributed by atoms with E-state index in [0.717, 1.165) is 5.56 Å². The van der Waals surface area contributed by atoms with Crippen molar-refractivity contribution >= 4 is 11.8 Å². The zero-order valence-corrected chi connectivity index (χ0v) is 8.63. The van der Waals surface area contributed by atoms with Gasteiger partial charge in [-0.3, -0.25) is 9.59 Å². The number of carboxylic acid groups (broad SMARTS) is 1. The van der Waals surface area contributed by atoms with Gasteiger partial charge in [0.1, 0.15) is 12.0 Å². The zero-order valence-electron chi connectivity index (χ0n) is 8.63. The number of ether oxygens (including phenoxy) is 1. The third-order valence-electron chi connectivity index (χ3n) is 2.69. The monoisotopic (exact) mass is 220 g/mol. The van der Waals surface area contributed by atoms with Crippen LogP contribution in [0.4, 0.5) is 0 Å². The Morgan fingerprint density at radius 1 is 1.31 bits per heavy atom. The highest BCUT2D eigenvalue weighted by Gasteiger charge is 2.37. The maximum atomic E-state index is 11.9. The van der Waals surface area contributed by atoms with Crippen LogP contribution in [0.2, 0.25) is 0 Å². The molecule has 1 aromatic rings. The van der Waals surface area contributed by atoms with E-state index in [1.807, 2.05) is 6.07 Å². The SMILES string of the molecule is O=C(O)C1CCOC(c2ccccc2)C1=O. The lowest BCUT2D eigenvalue weighted by Crippen LogP contribution is -2.35. The van der Waals surface area contributed by atoms with Crippen LogP contribution in [0.1, 0.15) is 18.1 Å². The fraction of sp³-hybridized carbons (Fsp3) is 0.333. The largest absolute Gasteiger partial charge is 0.481 e. The number of ketones is 1. The lowest BCUT2D eigenvalue weighted by atomic mass is 9.90. The van der Waals surface area contributed by atoms with Crippen molar-refractivity contribution in [1.29, 1.82) is 0 Å². The average molecular weight is 220 g/mol. The van der Waals surface area contributed by atoms with E-state index in [2.05, 4.69) is 0 Å². The molecule has 2 atom stereocenters. The molecule has 0 amide bonds. The summed E-state index contributed by atoms with van der Waals surface area (Å²) in [5, 5.41) is 8.90. The van der Waals surface area contributed by atoms with E-state index in [4.69, 9.17) is 9.84 Å². The number of rotatable bonds is 2. The van der Waals surface area contributed by atoms with Crippen molar-refractivity contribution in [2.24, 2.45) is 5.92 Å². The molecule has 2 unspecified atom stereocenters. The summed E-state index contributed by atoms with van der Waals surface area (Å²) in [4.78, 5) is 22.7. The second kappa shape index (κ2) is 4.45. The molecule has 1 aromatic carbocycles. The van der Waals surface area contributed by atoms with Crippen molar-refractivity contribution in [3.05, 3.63) is 35.9 Å². The third kappa shape index (κ3) is 1.97. The Kier molecular flexibility index (Phi) is 3.01. The van der Waals surface area contributed by atoms with Gasteiger partial charge in [0, 0.05) is 6.61 Å². The van der Waals surface area contributed by atoms with Gasteiger partial charge in [0.25, 0.3) is 0 Å². The summed E-state index contributed by atoms with van der Waals surface area (Å²) in [5.74, 6) is -2.35. The van der Waals surface area contributed by atoms with Gasteiger partial charge >= 0.3 is 5.97 Å². The molecule has 0 radical (unpaired) electrons. The summed E-state index contributed by atoms with van der Waals surface area (Å²) in [6.45, 7) is 0.308. The van der Waals surface area contributed by atoms with E-state index in [-0.39, 0.29) is 12.2 Å². The minimum atomic E-state index is -1.06. The van der Waals surface area contributed by atoms with Crippen LogP contribution in [-0.4, -0.2) is 23.5 Å². The van der Waals surface area contributed by atoms with Crippen molar-refractivity contribution in [2.45, 2.75) is 12.5 Å². The Hall–Kier alpha value is -1.68. The quantitative estimate of drug-likeness (QED) is 0.765. The van der Waals surface area contributed by atoms with Gasteiger partial charge in [0.2, 0.25) is 0 Å². The topological polar surface area (TPSA) is 63.6 Å². The van der Waals surface area contributed by atoms with Crippen molar-refractivity contribution in [2.75, 3.05) is 6.61 Å². The molecule has 4 heteroatoms. The minimum Gasteiger partial charge on any atom is -0.481 e. The summed E-state index contributed by atoms with van der Waals surface area (Å²) >= 11 is 0. The maximum Gasteiger partial charge on any atom is 0.314 e. The molecule has 0 spiro atoms. The molecule has 1 heterocycles. The Morgan fingerprint density at radius 3 is 2.62 bits per heavy atom. The Morgan fingerprint density at radius 2 is 2.00 bits per heavy atom. The lowest BCUT2D eigenvalue weighted by Gasteiger charge is -2.26. The molecule has 1 aliphatic heterocycles. The fourth-order valence-corrected chi connectivity index (χ4v) is 1.84. The first-order valence-corrected chi connectivity index (χ1v) is 5.13. The summed E-state index contributed by atoms with van der Waals surface area (Å²) in [6.07, 6.45) is -0.464. The second-order valence-corrected chi connectivity index (χ2v) is 3.74. The molecule has 0 saturated carbocycles. The van der Waals surface area contributed by atoms with Gasteiger partial charge in [-0.1, -0.05) is 30.3 Å². The highest BCUT2D eigenvalue weighted by Crippen LogP contribution is 2.28. The molecule has 1 aliphatic rings. The molecule has 2 rings (SSSR count). The number of hydrogen-bond donors (Lipinski definition) is 1. The molecule has 1 saturated heterocycles. The first kappa shape index (κ1) is 10.8. The molecule has 84 valence electrons. The Labute approximate surface area is 92.8 Å². The molecular weight excluding hydrogens is 208 g/mol. The number of benzene rings is 1. The predicted octanol–water partition coefficient (Wildman–Crippen LogP) is 1.42.